The molecule has 0 radical (unpaired) electrons. The van der Waals surface area contributed by atoms with Crippen molar-refractivity contribution in [3.05, 3.63) is 41.3 Å². The number of carbonyl (C=O) groups is 1. The summed E-state index contributed by atoms with van der Waals surface area (Å²) in [6.07, 6.45) is 7.97. The summed E-state index contributed by atoms with van der Waals surface area (Å²) in [5, 5.41) is 11.3. The van der Waals surface area contributed by atoms with Gasteiger partial charge < -0.3 is 10.6 Å². The third-order valence-corrected chi connectivity index (χ3v) is 4.23. The average molecular weight is 343 g/mol. The molecule has 8 heteroatoms. The topological polar surface area (TPSA) is 84.2 Å². The molecule has 7 nitrogen and oxygen atoms in total. The quantitative estimate of drug-likeness (QED) is 0.669. The van der Waals surface area contributed by atoms with E-state index in [0.29, 0.717) is 33.7 Å². The minimum Gasteiger partial charge on any atom is -0.370 e. The van der Waals surface area contributed by atoms with Gasteiger partial charge in [-0.3, -0.25) is 9.78 Å². The molecule has 4 rings (SSSR count). The van der Waals surface area contributed by atoms with Crippen molar-refractivity contribution in [1.29, 1.82) is 0 Å². The lowest BCUT2D eigenvalue weighted by molar-refractivity contribution is 0.112. The van der Waals surface area contributed by atoms with Crippen LogP contribution in [-0.2, 0) is 0 Å². The fourth-order valence-electron chi connectivity index (χ4n) is 2.44. The predicted molar refractivity (Wildman–Crippen MR) is 92.1 cm³/mol. The Kier molecular flexibility index (Phi) is 3.78. The number of nitrogens with zero attached hydrogens (tertiary/aromatic N) is 4. The van der Waals surface area contributed by atoms with Crippen LogP contribution in [0.15, 0.2) is 30.7 Å². The fraction of sp³-hybridized carbons (Fsp3) is 0.250. The van der Waals surface area contributed by atoms with Crippen LogP contribution >= 0.6 is 11.6 Å². The van der Waals surface area contributed by atoms with Crippen LogP contribution in [0.1, 0.15) is 23.2 Å². The Morgan fingerprint density at radius 1 is 1.38 bits per heavy atom. The van der Waals surface area contributed by atoms with Crippen molar-refractivity contribution < 1.29 is 4.79 Å². The maximum absolute atomic E-state index is 11.2. The number of hydrogen-bond donors (Lipinski definition) is 2. The molecular formula is C16H15ClN6O. The lowest BCUT2D eigenvalue weighted by Crippen LogP contribution is -2.10. The number of aromatic nitrogens is 4. The lowest BCUT2D eigenvalue weighted by atomic mass is 10.3. The van der Waals surface area contributed by atoms with Gasteiger partial charge in [-0.05, 0) is 24.8 Å². The summed E-state index contributed by atoms with van der Waals surface area (Å²) in [4.78, 5) is 19.7. The molecule has 0 saturated heterocycles. The first-order chi connectivity index (χ1) is 11.7. The molecule has 2 N–H and O–H groups in total. The molecule has 1 aliphatic carbocycles. The molecule has 1 saturated carbocycles. The number of halogens is 1. The third-order valence-electron chi connectivity index (χ3n) is 3.93. The van der Waals surface area contributed by atoms with Crippen LogP contribution < -0.4 is 10.6 Å². The van der Waals surface area contributed by atoms with Crippen LogP contribution in [0.4, 0.5) is 17.3 Å². The second-order valence-corrected chi connectivity index (χ2v) is 6.19. The van der Waals surface area contributed by atoms with Gasteiger partial charge in [0.2, 0.25) is 0 Å². The number of aldehydes is 1. The van der Waals surface area contributed by atoms with E-state index in [4.69, 9.17) is 11.6 Å². The predicted octanol–water partition coefficient (Wildman–Crippen LogP) is 3.16. The SMILES string of the molecule is O=Cc1cnn2c(NCC3CC3)cc(Nc3ccncc3Cl)nc12. The Bertz CT molecular complexity index is 905. The van der Waals surface area contributed by atoms with Gasteiger partial charge in [0.1, 0.15) is 11.6 Å². The first-order valence-electron chi connectivity index (χ1n) is 7.69. The van der Waals surface area contributed by atoms with Gasteiger partial charge in [-0.1, -0.05) is 11.6 Å². The maximum atomic E-state index is 11.2. The van der Waals surface area contributed by atoms with Crippen LogP contribution in [0.2, 0.25) is 5.02 Å². The first-order valence-corrected chi connectivity index (χ1v) is 8.07. The number of pyridine rings is 1. The Morgan fingerprint density at radius 3 is 3.00 bits per heavy atom. The highest BCUT2D eigenvalue weighted by molar-refractivity contribution is 6.33. The number of fused-ring (bicyclic) bond motifs is 1. The van der Waals surface area contributed by atoms with Crippen LogP contribution in [0, 0.1) is 5.92 Å². The number of nitrogens with one attached hydrogen (secondary N) is 2. The normalized spacial score (nSPS) is 13.9. The smallest absolute Gasteiger partial charge is 0.170 e. The van der Waals surface area contributed by atoms with Gasteiger partial charge in [0.25, 0.3) is 0 Å². The summed E-state index contributed by atoms with van der Waals surface area (Å²) < 4.78 is 1.64. The largest absolute Gasteiger partial charge is 0.370 e. The Labute approximate surface area is 143 Å². The van der Waals surface area contributed by atoms with Crippen molar-refractivity contribution in [3.8, 4) is 0 Å². The molecule has 0 bridgehead atoms. The summed E-state index contributed by atoms with van der Waals surface area (Å²) in [7, 11) is 0. The summed E-state index contributed by atoms with van der Waals surface area (Å²) in [5.41, 5.74) is 1.64. The molecule has 0 aliphatic heterocycles. The Hall–Kier alpha value is -2.67. The van der Waals surface area contributed by atoms with E-state index in [1.165, 1.54) is 19.0 Å². The number of rotatable bonds is 6. The van der Waals surface area contributed by atoms with E-state index in [-0.39, 0.29) is 0 Å². The van der Waals surface area contributed by atoms with Gasteiger partial charge in [0.15, 0.2) is 11.9 Å². The molecule has 1 aliphatic rings. The second kappa shape index (κ2) is 6.09. The van der Waals surface area contributed by atoms with E-state index in [1.807, 2.05) is 6.07 Å². The zero-order valence-electron chi connectivity index (χ0n) is 12.7. The fourth-order valence-corrected chi connectivity index (χ4v) is 2.60. The van der Waals surface area contributed by atoms with Crippen LogP contribution in [0.5, 0.6) is 0 Å². The highest BCUT2D eigenvalue weighted by Gasteiger charge is 2.21. The van der Waals surface area contributed by atoms with Crippen LogP contribution in [0.3, 0.4) is 0 Å². The highest BCUT2D eigenvalue weighted by Crippen LogP contribution is 2.30. The summed E-state index contributed by atoms with van der Waals surface area (Å²) in [6, 6.07) is 3.62. The van der Waals surface area contributed by atoms with Crippen molar-refractivity contribution >= 4 is 40.9 Å². The Morgan fingerprint density at radius 2 is 2.25 bits per heavy atom. The van der Waals surface area contributed by atoms with E-state index in [2.05, 4.69) is 25.7 Å². The molecule has 3 aromatic rings. The van der Waals surface area contributed by atoms with E-state index < -0.39 is 0 Å². The lowest BCUT2D eigenvalue weighted by Gasteiger charge is -2.12. The van der Waals surface area contributed by atoms with E-state index in [1.54, 1.807) is 23.0 Å². The molecule has 122 valence electrons. The standard InChI is InChI=1S/C16H15ClN6O/c17-12-8-18-4-3-13(12)21-14-5-15(19-6-10-1-2-10)23-16(22-14)11(9-24)7-20-23/h3-5,7-10,19H,1-2,6H2,(H,18,21,22). The van der Waals surface area contributed by atoms with Crippen LogP contribution in [0.25, 0.3) is 5.65 Å². The molecule has 0 unspecified atom stereocenters. The molecule has 0 aromatic carbocycles. The average Bonchev–Trinajstić information content (AvgIpc) is 3.33. The second-order valence-electron chi connectivity index (χ2n) is 5.78. The third kappa shape index (κ3) is 2.90. The zero-order valence-corrected chi connectivity index (χ0v) is 13.5. The molecule has 24 heavy (non-hydrogen) atoms. The Balaban J connectivity index is 1.73. The van der Waals surface area contributed by atoms with Crippen molar-refractivity contribution in [1.82, 2.24) is 19.6 Å². The number of anilines is 3. The van der Waals surface area contributed by atoms with Gasteiger partial charge in [-0.2, -0.15) is 9.61 Å². The van der Waals surface area contributed by atoms with Gasteiger partial charge >= 0.3 is 0 Å². The maximum Gasteiger partial charge on any atom is 0.170 e. The first kappa shape index (κ1) is 14.9. The molecule has 1 fully saturated rings. The molecule has 3 aromatic heterocycles. The summed E-state index contributed by atoms with van der Waals surface area (Å²) >= 11 is 6.14. The summed E-state index contributed by atoms with van der Waals surface area (Å²) in [6.45, 7) is 0.880. The molecule has 0 atom stereocenters. The van der Waals surface area contributed by atoms with Gasteiger partial charge in [-0.15, -0.1) is 0 Å². The number of carbonyl (C=O) groups excluding carboxylic acids is 1. The molecule has 3 heterocycles. The molecule has 0 spiro atoms. The van der Waals surface area contributed by atoms with Crippen molar-refractivity contribution in [2.24, 2.45) is 5.92 Å². The minimum absolute atomic E-state index is 0.439. The van der Waals surface area contributed by atoms with E-state index in [0.717, 1.165) is 18.6 Å². The minimum atomic E-state index is 0.439. The van der Waals surface area contributed by atoms with Gasteiger partial charge in [-0.25, -0.2) is 4.98 Å². The van der Waals surface area contributed by atoms with Crippen molar-refractivity contribution in [3.63, 3.8) is 0 Å². The zero-order chi connectivity index (χ0) is 16.5. The molecule has 0 amide bonds. The van der Waals surface area contributed by atoms with E-state index >= 15 is 0 Å². The summed E-state index contributed by atoms with van der Waals surface area (Å²) in [5.74, 6) is 2.07. The molecular weight excluding hydrogens is 328 g/mol. The van der Waals surface area contributed by atoms with Crippen molar-refractivity contribution in [2.45, 2.75) is 12.8 Å². The van der Waals surface area contributed by atoms with Gasteiger partial charge in [0.05, 0.1) is 22.5 Å². The van der Waals surface area contributed by atoms with Crippen molar-refractivity contribution in [2.75, 3.05) is 17.2 Å². The highest BCUT2D eigenvalue weighted by atomic mass is 35.5. The van der Waals surface area contributed by atoms with Gasteiger partial charge in [0, 0.05) is 25.0 Å². The number of hydrogen-bond acceptors (Lipinski definition) is 6. The van der Waals surface area contributed by atoms with E-state index in [9.17, 15) is 4.79 Å². The monoisotopic (exact) mass is 342 g/mol. The van der Waals surface area contributed by atoms with Crippen LogP contribution in [-0.4, -0.2) is 32.4 Å².